The molecule has 0 saturated heterocycles. The largest absolute Gasteiger partial charge is 0.490 e. The van der Waals surface area contributed by atoms with Crippen LogP contribution in [0.25, 0.3) is 0 Å². The second kappa shape index (κ2) is 7.17. The number of ether oxygens (including phenoxy) is 2. The third kappa shape index (κ3) is 3.64. The van der Waals surface area contributed by atoms with E-state index in [9.17, 15) is 9.59 Å². The number of hydrogen-bond acceptors (Lipinski definition) is 4. The highest BCUT2D eigenvalue weighted by Gasteiger charge is 2.29. The fourth-order valence-electron chi connectivity index (χ4n) is 3.73. The molecule has 1 aromatic rings. The molecule has 2 aliphatic heterocycles. The van der Waals surface area contributed by atoms with Crippen LogP contribution in [0.2, 0.25) is 0 Å². The van der Waals surface area contributed by atoms with Gasteiger partial charge in [-0.1, -0.05) is 6.92 Å². The lowest BCUT2D eigenvalue weighted by molar-refractivity contribution is -0.107. The molecule has 0 aliphatic carbocycles. The van der Waals surface area contributed by atoms with Gasteiger partial charge in [-0.05, 0) is 62.8 Å². The number of fused-ring (bicyclic) bond motifs is 2. The van der Waals surface area contributed by atoms with Gasteiger partial charge in [0.05, 0.1) is 12.2 Å². The van der Waals surface area contributed by atoms with Crippen molar-refractivity contribution in [3.8, 4) is 5.75 Å². The summed E-state index contributed by atoms with van der Waals surface area (Å²) in [6, 6.07) is 2.05. The minimum atomic E-state index is -0.498. The van der Waals surface area contributed by atoms with E-state index in [1.54, 1.807) is 9.80 Å². The summed E-state index contributed by atoms with van der Waals surface area (Å²) in [5.41, 5.74) is 4.02. The van der Waals surface area contributed by atoms with E-state index < -0.39 is 5.60 Å². The Morgan fingerprint density at radius 2 is 2.00 bits per heavy atom. The van der Waals surface area contributed by atoms with Gasteiger partial charge in [-0.3, -0.25) is 4.79 Å². The SMILES string of the molecule is CCc1c2c(cc3c1N(C=O)CCO3)CCN(C(=O)OC(C)(C)C)CC2. The van der Waals surface area contributed by atoms with Crippen LogP contribution in [0.5, 0.6) is 5.75 Å². The first-order valence-electron chi connectivity index (χ1n) is 9.34. The van der Waals surface area contributed by atoms with Gasteiger partial charge in [0.1, 0.15) is 18.0 Å². The van der Waals surface area contributed by atoms with Crippen molar-refractivity contribution in [1.82, 2.24) is 4.90 Å². The molecule has 0 spiro atoms. The van der Waals surface area contributed by atoms with Crippen molar-refractivity contribution in [2.45, 2.75) is 52.6 Å². The molecule has 0 N–H and O–H groups in total. The van der Waals surface area contributed by atoms with E-state index >= 15 is 0 Å². The van der Waals surface area contributed by atoms with Gasteiger partial charge in [-0.15, -0.1) is 0 Å². The van der Waals surface area contributed by atoms with E-state index in [-0.39, 0.29) is 6.09 Å². The molecule has 0 saturated carbocycles. The van der Waals surface area contributed by atoms with Crippen LogP contribution in [0.3, 0.4) is 0 Å². The second-order valence-electron chi connectivity index (χ2n) is 7.81. The summed E-state index contributed by atoms with van der Waals surface area (Å²) < 4.78 is 11.4. The first-order valence-corrected chi connectivity index (χ1v) is 9.34. The zero-order chi connectivity index (χ0) is 18.9. The number of benzene rings is 1. The third-order valence-corrected chi connectivity index (χ3v) is 4.87. The van der Waals surface area contributed by atoms with Gasteiger partial charge in [0.15, 0.2) is 0 Å². The van der Waals surface area contributed by atoms with Crippen LogP contribution in [0.4, 0.5) is 10.5 Å². The van der Waals surface area contributed by atoms with Crippen LogP contribution < -0.4 is 9.64 Å². The third-order valence-electron chi connectivity index (χ3n) is 4.87. The summed E-state index contributed by atoms with van der Waals surface area (Å²) in [6.45, 7) is 10.1. The monoisotopic (exact) mass is 360 g/mol. The maximum Gasteiger partial charge on any atom is 0.410 e. The van der Waals surface area contributed by atoms with E-state index in [1.165, 1.54) is 11.1 Å². The lowest BCUT2D eigenvalue weighted by Gasteiger charge is -2.30. The predicted molar refractivity (Wildman–Crippen MR) is 99.9 cm³/mol. The van der Waals surface area contributed by atoms with Crippen molar-refractivity contribution < 1.29 is 19.1 Å². The van der Waals surface area contributed by atoms with Crippen LogP contribution in [-0.4, -0.2) is 49.2 Å². The summed E-state index contributed by atoms with van der Waals surface area (Å²) in [5.74, 6) is 0.782. The molecule has 2 heterocycles. The molecule has 0 atom stereocenters. The Bertz CT molecular complexity index is 709. The molecule has 2 amide bonds. The summed E-state index contributed by atoms with van der Waals surface area (Å²) in [7, 11) is 0. The van der Waals surface area contributed by atoms with Crippen molar-refractivity contribution in [1.29, 1.82) is 0 Å². The fourth-order valence-corrected chi connectivity index (χ4v) is 3.73. The molecule has 3 rings (SSSR count). The minimum absolute atomic E-state index is 0.265. The Morgan fingerprint density at radius 3 is 2.65 bits per heavy atom. The molecule has 0 radical (unpaired) electrons. The summed E-state index contributed by atoms with van der Waals surface area (Å²) in [5, 5.41) is 0. The van der Waals surface area contributed by atoms with Gasteiger partial charge in [0, 0.05) is 13.1 Å². The zero-order valence-corrected chi connectivity index (χ0v) is 16.1. The standard InChI is InChI=1S/C20H28N2O4/c1-5-15-16-7-9-21(19(24)26-20(2,3)4)8-6-14(16)12-17-18(15)22(13-23)10-11-25-17/h12-13H,5-11H2,1-4H3. The van der Waals surface area contributed by atoms with Crippen molar-refractivity contribution in [2.24, 2.45) is 0 Å². The Labute approximate surface area is 155 Å². The van der Waals surface area contributed by atoms with Gasteiger partial charge < -0.3 is 19.3 Å². The number of carbonyl (C=O) groups is 2. The highest BCUT2D eigenvalue weighted by Crippen LogP contribution is 2.40. The average molecular weight is 360 g/mol. The summed E-state index contributed by atoms with van der Waals surface area (Å²) >= 11 is 0. The molecule has 0 aromatic heterocycles. The van der Waals surface area contributed by atoms with E-state index in [4.69, 9.17) is 9.47 Å². The first kappa shape index (κ1) is 18.5. The van der Waals surface area contributed by atoms with Crippen molar-refractivity contribution in [2.75, 3.05) is 31.1 Å². The molecular formula is C20H28N2O4. The van der Waals surface area contributed by atoms with Crippen LogP contribution in [0.1, 0.15) is 44.4 Å². The van der Waals surface area contributed by atoms with Gasteiger partial charge in [-0.25, -0.2) is 4.79 Å². The molecule has 26 heavy (non-hydrogen) atoms. The van der Waals surface area contributed by atoms with Gasteiger partial charge in [0.25, 0.3) is 0 Å². The number of hydrogen-bond donors (Lipinski definition) is 0. The maximum atomic E-state index is 12.5. The molecule has 2 aliphatic rings. The normalized spacial score (nSPS) is 16.9. The number of carbonyl (C=O) groups excluding carboxylic acids is 2. The molecule has 0 fully saturated rings. The van der Waals surface area contributed by atoms with Crippen LogP contribution in [0, 0.1) is 0 Å². The molecule has 0 bridgehead atoms. The maximum absolute atomic E-state index is 12.5. The molecule has 0 unspecified atom stereocenters. The quantitative estimate of drug-likeness (QED) is 0.761. The first-order chi connectivity index (χ1) is 12.3. The predicted octanol–water partition coefficient (Wildman–Crippen LogP) is 2.94. The Morgan fingerprint density at radius 1 is 1.27 bits per heavy atom. The van der Waals surface area contributed by atoms with E-state index in [2.05, 4.69) is 13.0 Å². The summed E-state index contributed by atoms with van der Waals surface area (Å²) in [6.07, 6.45) is 2.97. The number of nitrogens with zero attached hydrogens (tertiary/aromatic N) is 2. The van der Waals surface area contributed by atoms with Crippen molar-refractivity contribution >= 4 is 18.2 Å². The summed E-state index contributed by atoms with van der Waals surface area (Å²) in [4.78, 5) is 27.5. The van der Waals surface area contributed by atoms with Crippen molar-refractivity contribution in [3.63, 3.8) is 0 Å². The Balaban J connectivity index is 1.90. The molecule has 142 valence electrons. The zero-order valence-electron chi connectivity index (χ0n) is 16.1. The molecule has 6 heteroatoms. The highest BCUT2D eigenvalue weighted by atomic mass is 16.6. The smallest absolute Gasteiger partial charge is 0.410 e. The van der Waals surface area contributed by atoms with Gasteiger partial charge in [-0.2, -0.15) is 0 Å². The topological polar surface area (TPSA) is 59.1 Å². The molecule has 1 aromatic carbocycles. The second-order valence-corrected chi connectivity index (χ2v) is 7.81. The van der Waals surface area contributed by atoms with Gasteiger partial charge >= 0.3 is 6.09 Å². The van der Waals surface area contributed by atoms with Crippen molar-refractivity contribution in [3.05, 3.63) is 22.8 Å². The number of rotatable bonds is 2. The number of amides is 2. The minimum Gasteiger partial charge on any atom is -0.490 e. The Kier molecular flexibility index (Phi) is 5.12. The lowest BCUT2D eigenvalue weighted by Crippen LogP contribution is -2.38. The van der Waals surface area contributed by atoms with E-state index in [0.717, 1.165) is 42.7 Å². The molecule has 6 nitrogen and oxygen atoms in total. The highest BCUT2D eigenvalue weighted by molar-refractivity contribution is 5.83. The molecular weight excluding hydrogens is 332 g/mol. The fraction of sp³-hybridized carbons (Fsp3) is 0.600. The lowest BCUT2D eigenvalue weighted by atomic mass is 9.92. The van der Waals surface area contributed by atoms with E-state index in [1.807, 2.05) is 20.8 Å². The average Bonchev–Trinajstić information content (AvgIpc) is 2.80. The van der Waals surface area contributed by atoms with Gasteiger partial charge in [0.2, 0.25) is 6.41 Å². The van der Waals surface area contributed by atoms with Crippen LogP contribution in [0.15, 0.2) is 6.07 Å². The van der Waals surface area contributed by atoms with Crippen LogP contribution in [-0.2, 0) is 28.8 Å². The number of anilines is 1. The van der Waals surface area contributed by atoms with Crippen LogP contribution >= 0.6 is 0 Å². The Hall–Kier alpha value is -2.24. The van der Waals surface area contributed by atoms with E-state index in [0.29, 0.717) is 26.2 Å².